The van der Waals surface area contributed by atoms with Crippen LogP contribution in [-0.4, -0.2) is 48.7 Å². The molecule has 150 valence electrons. The highest BCUT2D eigenvalue weighted by Gasteiger charge is 2.19. The number of pyridine rings is 2. The second-order valence-corrected chi connectivity index (χ2v) is 7.30. The van der Waals surface area contributed by atoms with Crippen LogP contribution in [0.15, 0.2) is 48.7 Å². The molecule has 0 spiro atoms. The maximum atomic E-state index is 11.8. The number of nitrogens with zero attached hydrogens (tertiary/aromatic N) is 4. The summed E-state index contributed by atoms with van der Waals surface area (Å²) in [6.07, 6.45) is 2.56. The molecule has 1 fully saturated rings. The normalized spacial score (nSPS) is 14.7. The second kappa shape index (κ2) is 8.66. The Morgan fingerprint density at radius 1 is 1.07 bits per heavy atom. The van der Waals surface area contributed by atoms with Crippen molar-refractivity contribution in [3.05, 3.63) is 59.4 Å². The van der Waals surface area contributed by atoms with Crippen LogP contribution in [0, 0.1) is 0 Å². The third-order valence-corrected chi connectivity index (χ3v) is 5.37. The lowest BCUT2D eigenvalue weighted by Crippen LogP contribution is -2.31. The van der Waals surface area contributed by atoms with Crippen LogP contribution in [-0.2, 0) is 4.74 Å². The van der Waals surface area contributed by atoms with Gasteiger partial charge in [-0.05, 0) is 36.9 Å². The molecule has 6 nitrogen and oxygen atoms in total. The number of ether oxygens (including phenoxy) is 1. The molecule has 2 aromatic heterocycles. The summed E-state index contributed by atoms with van der Waals surface area (Å²) in [6.45, 7) is 5.58. The predicted octanol–water partition coefficient (Wildman–Crippen LogP) is 4.18. The zero-order valence-corrected chi connectivity index (χ0v) is 17.1. The Morgan fingerprint density at radius 2 is 1.83 bits per heavy atom. The van der Waals surface area contributed by atoms with Crippen LogP contribution in [0.3, 0.4) is 0 Å². The number of hydrogen-bond acceptors (Lipinski definition) is 6. The highest BCUT2D eigenvalue weighted by Crippen LogP contribution is 2.27. The van der Waals surface area contributed by atoms with Gasteiger partial charge in [0.15, 0.2) is 0 Å². The van der Waals surface area contributed by atoms with Crippen LogP contribution >= 0.6 is 11.6 Å². The van der Waals surface area contributed by atoms with Crippen molar-refractivity contribution >= 4 is 40.0 Å². The molecule has 0 bridgehead atoms. The van der Waals surface area contributed by atoms with E-state index in [9.17, 15) is 4.79 Å². The van der Waals surface area contributed by atoms with Gasteiger partial charge in [-0.3, -0.25) is 0 Å². The van der Waals surface area contributed by atoms with Crippen molar-refractivity contribution in [2.45, 2.75) is 13.3 Å². The summed E-state index contributed by atoms with van der Waals surface area (Å²) in [6, 6.07) is 13.8. The van der Waals surface area contributed by atoms with E-state index >= 15 is 0 Å². The van der Waals surface area contributed by atoms with E-state index in [-0.39, 0.29) is 5.97 Å². The first-order chi connectivity index (χ1) is 14.2. The highest BCUT2D eigenvalue weighted by atomic mass is 35.5. The first kappa shape index (κ1) is 19.5. The molecule has 1 saturated heterocycles. The van der Waals surface area contributed by atoms with Gasteiger partial charge in [0.1, 0.15) is 16.8 Å². The quantitative estimate of drug-likeness (QED) is 0.475. The largest absolute Gasteiger partial charge is 0.462 e. The number of benzene rings is 1. The number of rotatable bonds is 4. The van der Waals surface area contributed by atoms with Gasteiger partial charge in [0.2, 0.25) is 0 Å². The van der Waals surface area contributed by atoms with Gasteiger partial charge < -0.3 is 14.5 Å². The van der Waals surface area contributed by atoms with E-state index in [0.717, 1.165) is 55.0 Å². The molecule has 0 radical (unpaired) electrons. The number of aromatic nitrogens is 2. The lowest BCUT2D eigenvalue weighted by atomic mass is 10.2. The minimum absolute atomic E-state index is 0.340. The van der Waals surface area contributed by atoms with Crippen LogP contribution in [0.2, 0.25) is 5.15 Å². The summed E-state index contributed by atoms with van der Waals surface area (Å²) in [4.78, 5) is 25.4. The van der Waals surface area contributed by atoms with Crippen molar-refractivity contribution in [3.8, 4) is 0 Å². The van der Waals surface area contributed by atoms with Crippen molar-refractivity contribution < 1.29 is 9.53 Å². The fourth-order valence-electron chi connectivity index (χ4n) is 3.59. The van der Waals surface area contributed by atoms with Crippen molar-refractivity contribution in [2.24, 2.45) is 0 Å². The number of carbonyl (C=O) groups is 1. The minimum Gasteiger partial charge on any atom is -0.462 e. The molecule has 1 aliphatic rings. The molecule has 4 rings (SSSR count). The summed E-state index contributed by atoms with van der Waals surface area (Å²) in [7, 11) is 0. The monoisotopic (exact) mass is 410 g/mol. The number of carbonyl (C=O) groups excluding carboxylic acids is 1. The Hall–Kier alpha value is -2.86. The molecule has 0 aliphatic carbocycles. The summed E-state index contributed by atoms with van der Waals surface area (Å²) in [5, 5.41) is 2.61. The number of esters is 1. The van der Waals surface area contributed by atoms with Gasteiger partial charge in [0.25, 0.3) is 0 Å². The van der Waals surface area contributed by atoms with Gasteiger partial charge in [-0.2, -0.15) is 0 Å². The maximum absolute atomic E-state index is 11.8. The molecule has 0 amide bonds. The number of fused-ring (bicyclic) bond motifs is 1. The van der Waals surface area contributed by atoms with Crippen molar-refractivity contribution in [1.82, 2.24) is 9.97 Å². The van der Waals surface area contributed by atoms with Crippen LogP contribution in [0.4, 0.5) is 11.6 Å². The lowest BCUT2D eigenvalue weighted by Gasteiger charge is -2.24. The molecule has 0 atom stereocenters. The molecule has 3 aromatic rings. The number of hydrogen-bond donors (Lipinski definition) is 0. The zero-order chi connectivity index (χ0) is 20.2. The van der Waals surface area contributed by atoms with Crippen molar-refractivity contribution in [2.75, 3.05) is 42.6 Å². The van der Waals surface area contributed by atoms with E-state index in [1.807, 2.05) is 24.3 Å². The number of halogens is 1. The fraction of sp³-hybridized carbons (Fsp3) is 0.318. The molecular weight excluding hydrogens is 388 g/mol. The summed E-state index contributed by atoms with van der Waals surface area (Å²) in [5.74, 6) is 1.43. The topological polar surface area (TPSA) is 58.6 Å². The molecule has 7 heteroatoms. The van der Waals surface area contributed by atoms with E-state index in [1.165, 1.54) is 0 Å². The average molecular weight is 411 g/mol. The van der Waals surface area contributed by atoms with Crippen molar-refractivity contribution in [1.29, 1.82) is 0 Å². The highest BCUT2D eigenvalue weighted by molar-refractivity contribution is 6.34. The summed E-state index contributed by atoms with van der Waals surface area (Å²) in [5.41, 5.74) is 0.474. The molecule has 3 heterocycles. The second-order valence-electron chi connectivity index (χ2n) is 6.95. The Balaban J connectivity index is 1.48. The lowest BCUT2D eigenvalue weighted by molar-refractivity contribution is 0.0526. The van der Waals surface area contributed by atoms with E-state index in [1.54, 1.807) is 19.2 Å². The summed E-state index contributed by atoms with van der Waals surface area (Å²) >= 11 is 6.41. The van der Waals surface area contributed by atoms with Gasteiger partial charge in [0.05, 0.1) is 12.2 Å². The third kappa shape index (κ3) is 4.27. The molecule has 1 aromatic carbocycles. The molecule has 0 unspecified atom stereocenters. The van der Waals surface area contributed by atoms with E-state index < -0.39 is 0 Å². The third-order valence-electron chi connectivity index (χ3n) is 5.08. The molecule has 29 heavy (non-hydrogen) atoms. The van der Waals surface area contributed by atoms with E-state index in [4.69, 9.17) is 16.3 Å². The standard InChI is InChI=1S/C22H23ClN4O2/c1-2-29-22(28)17-8-9-19(24-15-17)26-10-5-11-27(13-12-26)20-14-16-6-3-4-7-18(16)21(23)25-20/h3-4,6-9,14-15H,2,5,10-13H2,1H3. The first-order valence-electron chi connectivity index (χ1n) is 9.84. The van der Waals surface area contributed by atoms with Gasteiger partial charge in [-0.1, -0.05) is 35.9 Å². The predicted molar refractivity (Wildman–Crippen MR) is 116 cm³/mol. The van der Waals surface area contributed by atoms with Gasteiger partial charge in [-0.25, -0.2) is 14.8 Å². The fourth-order valence-corrected chi connectivity index (χ4v) is 3.85. The zero-order valence-electron chi connectivity index (χ0n) is 16.3. The SMILES string of the molecule is CCOC(=O)c1ccc(N2CCCN(c3cc4ccccc4c(Cl)n3)CC2)nc1. The average Bonchev–Trinajstić information content (AvgIpc) is 3.00. The maximum Gasteiger partial charge on any atom is 0.339 e. The van der Waals surface area contributed by atoms with Gasteiger partial charge >= 0.3 is 5.97 Å². The Kier molecular flexibility index (Phi) is 5.81. The van der Waals surface area contributed by atoms with Crippen molar-refractivity contribution in [3.63, 3.8) is 0 Å². The summed E-state index contributed by atoms with van der Waals surface area (Å²) < 4.78 is 5.02. The van der Waals surface area contributed by atoms with Gasteiger partial charge in [0, 0.05) is 37.8 Å². The molecule has 0 saturated carbocycles. The van der Waals surface area contributed by atoms with Crippen LogP contribution in [0.1, 0.15) is 23.7 Å². The smallest absolute Gasteiger partial charge is 0.339 e. The first-order valence-corrected chi connectivity index (χ1v) is 10.2. The van der Waals surface area contributed by atoms with E-state index in [2.05, 4.69) is 31.9 Å². The van der Waals surface area contributed by atoms with Gasteiger partial charge in [-0.15, -0.1) is 0 Å². The van der Waals surface area contributed by atoms with Crippen LogP contribution in [0.25, 0.3) is 10.8 Å². The molecule has 1 aliphatic heterocycles. The molecule has 0 N–H and O–H groups in total. The van der Waals surface area contributed by atoms with Crippen LogP contribution < -0.4 is 9.80 Å². The molecular formula is C22H23ClN4O2. The van der Waals surface area contributed by atoms with Crippen LogP contribution in [0.5, 0.6) is 0 Å². The Morgan fingerprint density at radius 3 is 2.55 bits per heavy atom. The number of anilines is 2. The minimum atomic E-state index is -0.340. The Labute approximate surface area is 175 Å². The van der Waals surface area contributed by atoms with E-state index in [0.29, 0.717) is 17.3 Å². The Bertz CT molecular complexity index is 1010.